The fourth-order valence-electron chi connectivity index (χ4n) is 1.58. The van der Waals surface area contributed by atoms with Gasteiger partial charge in [0.05, 0.1) is 6.04 Å². The van der Waals surface area contributed by atoms with Crippen LogP contribution in [0.15, 0.2) is 35.8 Å². The number of hydrogen-bond acceptors (Lipinski definition) is 4. The Morgan fingerprint density at radius 1 is 1.33 bits per heavy atom. The number of aromatic nitrogens is 1. The first kappa shape index (κ1) is 12.6. The van der Waals surface area contributed by atoms with Gasteiger partial charge in [-0.05, 0) is 31.2 Å². The van der Waals surface area contributed by atoms with Gasteiger partial charge in [-0.25, -0.2) is 4.98 Å². The minimum Gasteiger partial charge on any atom is -0.388 e. The molecule has 0 saturated carbocycles. The molecule has 0 fully saturated rings. The highest BCUT2D eigenvalue weighted by Gasteiger charge is 2.12. The van der Waals surface area contributed by atoms with Gasteiger partial charge in [-0.15, -0.1) is 11.3 Å². The quantitative estimate of drug-likeness (QED) is 0.889. The van der Waals surface area contributed by atoms with Crippen molar-refractivity contribution in [3.05, 3.63) is 46.4 Å². The molecule has 5 heteroatoms. The first-order chi connectivity index (χ1) is 8.70. The normalized spacial score (nSPS) is 11.9. The number of nitrogens with one attached hydrogen (secondary N) is 2. The molecule has 1 aromatic heterocycles. The third-order valence-electron chi connectivity index (χ3n) is 2.61. The summed E-state index contributed by atoms with van der Waals surface area (Å²) in [5.41, 5.74) is 1.64. The molecular weight excluding hydrogens is 246 g/mol. The van der Waals surface area contributed by atoms with Crippen molar-refractivity contribution in [2.24, 2.45) is 0 Å². The van der Waals surface area contributed by atoms with Crippen molar-refractivity contribution < 1.29 is 4.79 Å². The van der Waals surface area contributed by atoms with Crippen molar-refractivity contribution in [3.63, 3.8) is 0 Å². The zero-order valence-electron chi connectivity index (χ0n) is 10.3. The van der Waals surface area contributed by atoms with Gasteiger partial charge in [0.15, 0.2) is 0 Å². The summed E-state index contributed by atoms with van der Waals surface area (Å²) >= 11 is 1.54. The minimum absolute atomic E-state index is 0.0681. The molecule has 0 saturated heterocycles. The molecule has 2 N–H and O–H groups in total. The Bertz CT molecular complexity index is 508. The van der Waals surface area contributed by atoms with Crippen LogP contribution in [0, 0.1) is 0 Å². The predicted molar refractivity (Wildman–Crippen MR) is 74.0 cm³/mol. The molecule has 2 rings (SSSR count). The number of nitrogens with zero attached hydrogens (tertiary/aromatic N) is 1. The standard InChI is InChI=1S/C13H15N3OS/c1-9(13-15-7-8-18-13)16-12(17)10-3-5-11(14-2)6-4-10/h3-9,14H,1-2H3,(H,16,17). The Morgan fingerprint density at radius 3 is 2.61 bits per heavy atom. The molecule has 1 aromatic carbocycles. The molecule has 2 aromatic rings. The Morgan fingerprint density at radius 2 is 2.06 bits per heavy atom. The summed E-state index contributed by atoms with van der Waals surface area (Å²) in [7, 11) is 1.85. The van der Waals surface area contributed by atoms with E-state index in [2.05, 4.69) is 15.6 Å². The highest BCUT2D eigenvalue weighted by molar-refractivity contribution is 7.09. The third kappa shape index (κ3) is 2.87. The van der Waals surface area contributed by atoms with Crippen LogP contribution >= 0.6 is 11.3 Å². The maximum Gasteiger partial charge on any atom is 0.251 e. The van der Waals surface area contributed by atoms with Crippen LogP contribution < -0.4 is 10.6 Å². The lowest BCUT2D eigenvalue weighted by Gasteiger charge is -2.11. The molecule has 18 heavy (non-hydrogen) atoms. The van der Waals surface area contributed by atoms with Crippen molar-refractivity contribution in [3.8, 4) is 0 Å². The van der Waals surface area contributed by atoms with Crippen molar-refractivity contribution >= 4 is 22.9 Å². The van der Waals surface area contributed by atoms with Gasteiger partial charge >= 0.3 is 0 Å². The SMILES string of the molecule is CNc1ccc(C(=O)NC(C)c2nccs2)cc1. The summed E-state index contributed by atoms with van der Waals surface area (Å²) in [6, 6.07) is 7.29. The van der Waals surface area contributed by atoms with E-state index in [1.165, 1.54) is 11.3 Å². The van der Waals surface area contributed by atoms with Crippen LogP contribution in [0.1, 0.15) is 28.3 Å². The van der Waals surface area contributed by atoms with E-state index in [9.17, 15) is 4.79 Å². The van der Waals surface area contributed by atoms with Crippen molar-refractivity contribution in [2.75, 3.05) is 12.4 Å². The number of rotatable bonds is 4. The summed E-state index contributed by atoms with van der Waals surface area (Å²) in [4.78, 5) is 16.2. The van der Waals surface area contributed by atoms with Crippen LogP contribution in [-0.2, 0) is 0 Å². The molecule has 1 atom stereocenters. The first-order valence-electron chi connectivity index (χ1n) is 5.69. The van der Waals surface area contributed by atoms with Gasteiger partial charge in [-0.2, -0.15) is 0 Å². The van der Waals surface area contributed by atoms with Crippen LogP contribution in [-0.4, -0.2) is 17.9 Å². The molecule has 4 nitrogen and oxygen atoms in total. The summed E-state index contributed by atoms with van der Waals surface area (Å²) in [6.45, 7) is 1.93. The number of benzene rings is 1. The van der Waals surface area contributed by atoms with E-state index >= 15 is 0 Å². The maximum absolute atomic E-state index is 12.0. The van der Waals surface area contributed by atoms with E-state index in [1.54, 1.807) is 18.3 Å². The average molecular weight is 261 g/mol. The van der Waals surface area contributed by atoms with E-state index in [0.29, 0.717) is 5.56 Å². The minimum atomic E-state index is -0.0830. The van der Waals surface area contributed by atoms with Gasteiger partial charge in [-0.3, -0.25) is 4.79 Å². The van der Waals surface area contributed by atoms with Crippen LogP contribution in [0.3, 0.4) is 0 Å². The average Bonchev–Trinajstić information content (AvgIpc) is 2.92. The van der Waals surface area contributed by atoms with E-state index in [1.807, 2.05) is 31.5 Å². The van der Waals surface area contributed by atoms with Crippen LogP contribution in [0.25, 0.3) is 0 Å². The van der Waals surface area contributed by atoms with E-state index in [0.717, 1.165) is 10.7 Å². The third-order valence-corrected chi connectivity index (χ3v) is 3.56. The van der Waals surface area contributed by atoms with E-state index in [4.69, 9.17) is 0 Å². The van der Waals surface area contributed by atoms with Gasteiger partial charge in [0, 0.05) is 29.9 Å². The summed E-state index contributed by atoms with van der Waals surface area (Å²) in [5, 5.41) is 8.76. The predicted octanol–water partition coefficient (Wildman–Crippen LogP) is 2.68. The first-order valence-corrected chi connectivity index (χ1v) is 6.56. The molecule has 0 bridgehead atoms. The Balaban J connectivity index is 2.03. The summed E-state index contributed by atoms with van der Waals surface area (Å²) in [6.07, 6.45) is 1.74. The van der Waals surface area contributed by atoms with Crippen molar-refractivity contribution in [1.29, 1.82) is 0 Å². The van der Waals surface area contributed by atoms with E-state index < -0.39 is 0 Å². The van der Waals surface area contributed by atoms with Gasteiger partial charge in [-0.1, -0.05) is 0 Å². The van der Waals surface area contributed by atoms with Crippen LogP contribution in [0.4, 0.5) is 5.69 Å². The van der Waals surface area contributed by atoms with Crippen molar-refractivity contribution in [2.45, 2.75) is 13.0 Å². The lowest BCUT2D eigenvalue weighted by molar-refractivity contribution is 0.0940. The fraction of sp³-hybridized carbons (Fsp3) is 0.231. The molecule has 1 unspecified atom stereocenters. The molecule has 1 heterocycles. The highest BCUT2D eigenvalue weighted by atomic mass is 32.1. The Hall–Kier alpha value is -1.88. The zero-order chi connectivity index (χ0) is 13.0. The topological polar surface area (TPSA) is 54.0 Å². The lowest BCUT2D eigenvalue weighted by Crippen LogP contribution is -2.26. The van der Waals surface area contributed by atoms with Crippen molar-refractivity contribution in [1.82, 2.24) is 10.3 Å². The highest BCUT2D eigenvalue weighted by Crippen LogP contribution is 2.16. The number of thiazole rings is 1. The number of hydrogen-bond donors (Lipinski definition) is 2. The second kappa shape index (κ2) is 5.64. The second-order valence-corrected chi connectivity index (χ2v) is 4.82. The molecule has 0 aliphatic heterocycles. The number of carbonyl (C=O) groups excluding carboxylic acids is 1. The maximum atomic E-state index is 12.0. The largest absolute Gasteiger partial charge is 0.388 e. The van der Waals surface area contributed by atoms with Crippen LogP contribution in [0.2, 0.25) is 0 Å². The molecule has 0 aliphatic rings. The van der Waals surface area contributed by atoms with Gasteiger partial charge < -0.3 is 10.6 Å². The monoisotopic (exact) mass is 261 g/mol. The van der Waals surface area contributed by atoms with E-state index in [-0.39, 0.29) is 11.9 Å². The van der Waals surface area contributed by atoms with Gasteiger partial charge in [0.1, 0.15) is 5.01 Å². The number of amides is 1. The molecule has 0 spiro atoms. The lowest BCUT2D eigenvalue weighted by atomic mass is 10.2. The smallest absolute Gasteiger partial charge is 0.251 e. The molecule has 94 valence electrons. The Kier molecular flexibility index (Phi) is 3.94. The molecule has 0 aliphatic carbocycles. The van der Waals surface area contributed by atoms with Crippen LogP contribution in [0.5, 0.6) is 0 Å². The fourth-order valence-corrected chi connectivity index (χ4v) is 2.22. The van der Waals surface area contributed by atoms with Gasteiger partial charge in [0.2, 0.25) is 0 Å². The second-order valence-electron chi connectivity index (χ2n) is 3.89. The summed E-state index contributed by atoms with van der Waals surface area (Å²) < 4.78 is 0. The summed E-state index contributed by atoms with van der Waals surface area (Å²) in [5.74, 6) is -0.0830. The number of carbonyl (C=O) groups is 1. The molecular formula is C13H15N3OS. The Labute approximate surface area is 110 Å². The number of anilines is 1. The van der Waals surface area contributed by atoms with Gasteiger partial charge in [0.25, 0.3) is 5.91 Å². The molecule has 0 radical (unpaired) electrons. The zero-order valence-corrected chi connectivity index (χ0v) is 11.1. The molecule has 1 amide bonds.